The van der Waals surface area contributed by atoms with Gasteiger partial charge in [0.15, 0.2) is 0 Å². The monoisotopic (exact) mass is 464 g/mol. The van der Waals surface area contributed by atoms with Crippen LogP contribution in [0, 0.1) is 0 Å². The van der Waals surface area contributed by atoms with Gasteiger partial charge in [-0.05, 0) is 0 Å². The van der Waals surface area contributed by atoms with Crippen LogP contribution in [0.5, 0.6) is 0 Å². The van der Waals surface area contributed by atoms with Gasteiger partial charge in [0.25, 0.3) is 0 Å². The molecule has 4 aromatic rings. The van der Waals surface area contributed by atoms with Gasteiger partial charge >= 0.3 is 179 Å². The van der Waals surface area contributed by atoms with Gasteiger partial charge in [0.1, 0.15) is 0 Å². The zero-order valence-electron chi connectivity index (χ0n) is 16.2. The van der Waals surface area contributed by atoms with Gasteiger partial charge in [0.05, 0.1) is 0 Å². The second-order valence-corrected chi connectivity index (χ2v) is 16.1. The number of carbonyl (C=O) groups excluding carboxylic acids is 1. The van der Waals surface area contributed by atoms with Crippen LogP contribution in [0.3, 0.4) is 0 Å². The van der Waals surface area contributed by atoms with Gasteiger partial charge in [-0.1, -0.05) is 0 Å². The fourth-order valence-electron chi connectivity index (χ4n) is 3.88. The number of hydrogen-bond acceptors (Lipinski definition) is 2. The van der Waals surface area contributed by atoms with Crippen LogP contribution >= 0.6 is 20.8 Å². The fourth-order valence-corrected chi connectivity index (χ4v) is 11.3. The van der Waals surface area contributed by atoms with E-state index < -0.39 is 5.31 Å². The number of hydrogen-bond donors (Lipinski definition) is 0. The van der Waals surface area contributed by atoms with E-state index in [1.807, 2.05) is 24.3 Å². The molecule has 0 aliphatic carbocycles. The summed E-state index contributed by atoms with van der Waals surface area (Å²) in [5.74, 6) is 1.12. The van der Waals surface area contributed by atoms with Crippen LogP contribution in [0.4, 0.5) is 0 Å². The van der Waals surface area contributed by atoms with Gasteiger partial charge in [0, 0.05) is 0 Å². The first kappa shape index (κ1) is 19.8. The summed E-state index contributed by atoms with van der Waals surface area (Å²) >= 11 is 4.39. The first-order valence-electron chi connectivity index (χ1n) is 9.51. The summed E-state index contributed by atoms with van der Waals surface area (Å²) in [7, 11) is 0. The Balaban J connectivity index is 2.05. The van der Waals surface area contributed by atoms with Crippen molar-refractivity contribution in [3.8, 4) is 0 Å². The van der Waals surface area contributed by atoms with Crippen LogP contribution < -0.4 is 15.9 Å². The van der Waals surface area contributed by atoms with E-state index >= 15 is 0 Å². The van der Waals surface area contributed by atoms with Gasteiger partial charge in [-0.3, -0.25) is 0 Å². The Kier molecular flexibility index (Phi) is 5.29. The Morgan fingerprint density at radius 2 is 1.14 bits per heavy atom. The molecule has 0 aliphatic rings. The van der Waals surface area contributed by atoms with Gasteiger partial charge in [-0.2, -0.15) is 0 Å². The summed E-state index contributed by atoms with van der Waals surface area (Å²) in [5, 5.41) is 0.563. The predicted molar refractivity (Wildman–Crippen MR) is 126 cm³/mol. The molecule has 1 aromatic heterocycles. The fraction of sp³-hybridized carbons (Fsp3) is 0.0800. The van der Waals surface area contributed by atoms with Gasteiger partial charge in [-0.15, -0.1) is 0 Å². The van der Waals surface area contributed by atoms with Crippen molar-refractivity contribution in [3.05, 3.63) is 115 Å². The Morgan fingerprint density at radius 1 is 0.724 bits per heavy atom. The summed E-state index contributed by atoms with van der Waals surface area (Å²) in [4.78, 5) is 11.8. The number of carbonyl (C=O) groups is 1. The van der Waals surface area contributed by atoms with E-state index in [1.165, 1.54) is 22.8 Å². The number of furan rings is 1. The number of Topliss-reactive ketones (excluding diaryl/α,β-unsaturated/α-hetero) is 1. The van der Waals surface area contributed by atoms with Crippen LogP contribution in [0.2, 0.25) is 0 Å². The first-order chi connectivity index (χ1) is 14.0. The average Bonchev–Trinajstić information content (AvgIpc) is 3.24. The molecule has 0 saturated carbocycles. The van der Waals surface area contributed by atoms with Crippen molar-refractivity contribution in [3.63, 3.8) is 0 Å². The molecule has 29 heavy (non-hydrogen) atoms. The van der Waals surface area contributed by atoms with Crippen LogP contribution in [-0.4, -0.2) is 5.78 Å². The van der Waals surface area contributed by atoms with E-state index in [9.17, 15) is 4.79 Å². The van der Waals surface area contributed by atoms with Crippen molar-refractivity contribution in [2.24, 2.45) is 0 Å². The van der Waals surface area contributed by atoms with Gasteiger partial charge in [-0.25, -0.2) is 0 Å². The molecule has 0 atom stereocenters. The zero-order chi connectivity index (χ0) is 20.3. The molecule has 0 fully saturated rings. The summed E-state index contributed by atoms with van der Waals surface area (Å²) < 4.78 is 5.98. The molecular formula is C25H22BrO2P. The van der Waals surface area contributed by atoms with Crippen molar-refractivity contribution in [2.75, 3.05) is 0 Å². The summed E-state index contributed by atoms with van der Waals surface area (Å²) in [6.07, 6.45) is 0.636. The van der Waals surface area contributed by atoms with E-state index in [0.29, 0.717) is 11.9 Å². The molecular weight excluding hydrogens is 443 g/mol. The number of halogens is 1. The Hall–Kier alpha value is -2.48. The van der Waals surface area contributed by atoms with E-state index in [-0.39, 0.29) is 5.78 Å². The normalized spacial score (nSPS) is 12.8. The molecule has 0 spiro atoms. The molecule has 0 aliphatic heterocycles. The van der Waals surface area contributed by atoms with E-state index in [0.717, 1.165) is 5.76 Å². The Morgan fingerprint density at radius 3 is 1.48 bits per heavy atom. The zero-order valence-corrected chi connectivity index (χ0v) is 18.6. The maximum absolute atomic E-state index is 11.8. The molecule has 0 radical (unpaired) electrons. The van der Waals surface area contributed by atoms with Crippen molar-refractivity contribution < 1.29 is 9.21 Å². The van der Waals surface area contributed by atoms with E-state index in [4.69, 9.17) is 4.42 Å². The molecule has 4 heteroatoms. The minimum atomic E-state index is -3.09. The molecule has 0 amide bonds. The van der Waals surface area contributed by atoms with Crippen molar-refractivity contribution in [1.82, 2.24) is 0 Å². The molecule has 146 valence electrons. The summed E-state index contributed by atoms with van der Waals surface area (Å²) in [6.45, 7) is 1.53. The predicted octanol–water partition coefficient (Wildman–Crippen LogP) is 5.82. The standard InChI is InChI=1S/C25H22BrO2P/c1-20(27)25-18-17-21(28-25)19-29(26,22-11-5-2-6-12-22,23-13-7-3-8-14-23)24-15-9-4-10-16-24/h2-18H,19H2,1H3. The molecule has 0 saturated heterocycles. The van der Waals surface area contributed by atoms with Crippen LogP contribution in [0.25, 0.3) is 0 Å². The SMILES string of the molecule is CC(=O)c1ccc(CP(Br)(c2ccccc2)(c2ccccc2)c2ccccc2)o1. The first-order valence-corrected chi connectivity index (χ1v) is 14.0. The third-order valence-electron chi connectivity index (χ3n) is 5.35. The minimum absolute atomic E-state index is 0.0646. The third-order valence-corrected chi connectivity index (χ3v) is 14.8. The Bertz CT molecular complexity index is 1020. The topological polar surface area (TPSA) is 30.2 Å². The molecule has 0 unspecified atom stereocenters. The molecule has 2 nitrogen and oxygen atoms in total. The van der Waals surface area contributed by atoms with Crippen LogP contribution in [0.15, 0.2) is 108 Å². The van der Waals surface area contributed by atoms with E-state index in [1.54, 1.807) is 6.07 Å². The number of benzene rings is 3. The molecule has 1 heterocycles. The third kappa shape index (κ3) is 3.39. The summed E-state index contributed by atoms with van der Waals surface area (Å²) in [6, 6.07) is 35.4. The van der Waals surface area contributed by atoms with Crippen LogP contribution in [-0.2, 0) is 6.16 Å². The number of ketones is 1. The van der Waals surface area contributed by atoms with E-state index in [2.05, 4.69) is 88.3 Å². The molecule has 4 rings (SSSR count). The molecule has 0 N–H and O–H groups in total. The molecule has 3 aromatic carbocycles. The van der Waals surface area contributed by atoms with Crippen molar-refractivity contribution in [2.45, 2.75) is 13.1 Å². The van der Waals surface area contributed by atoms with Gasteiger partial charge in [0.2, 0.25) is 0 Å². The number of rotatable bonds is 6. The second-order valence-electron chi connectivity index (χ2n) is 7.17. The molecule has 0 bridgehead atoms. The van der Waals surface area contributed by atoms with Crippen molar-refractivity contribution in [1.29, 1.82) is 0 Å². The van der Waals surface area contributed by atoms with Gasteiger partial charge < -0.3 is 0 Å². The van der Waals surface area contributed by atoms with Crippen LogP contribution in [0.1, 0.15) is 23.2 Å². The Labute approximate surface area is 179 Å². The van der Waals surface area contributed by atoms with Crippen molar-refractivity contribution >= 4 is 42.5 Å². The average molecular weight is 465 g/mol. The maximum atomic E-state index is 11.8. The quantitative estimate of drug-likeness (QED) is 0.265. The second kappa shape index (κ2) is 7.74. The summed E-state index contributed by atoms with van der Waals surface area (Å²) in [5.41, 5.74) is 0.